The zero-order valence-corrected chi connectivity index (χ0v) is 23.8. The molecule has 7 heteroatoms. The SMILES string of the molecule is CCC=CCC=CCC=CCC=CCC=CCC=CCCC(=O)NC(C)C(=O)Nc1ccc(O)c(COC=O)c1. The van der Waals surface area contributed by atoms with Gasteiger partial charge in [-0.25, -0.2) is 0 Å². The summed E-state index contributed by atoms with van der Waals surface area (Å²) >= 11 is 0. The Bertz CT molecular complexity index is 1070. The van der Waals surface area contributed by atoms with Gasteiger partial charge in [0, 0.05) is 17.7 Å². The normalized spacial score (nSPS) is 12.8. The van der Waals surface area contributed by atoms with E-state index in [1.807, 2.05) is 12.2 Å². The number of carbonyl (C=O) groups is 3. The van der Waals surface area contributed by atoms with Gasteiger partial charge >= 0.3 is 0 Å². The molecule has 3 N–H and O–H groups in total. The first kappa shape index (κ1) is 33.9. The number of amides is 2. The molecule has 2 amide bonds. The van der Waals surface area contributed by atoms with Gasteiger partial charge in [0.05, 0.1) is 0 Å². The van der Waals surface area contributed by atoms with Crippen molar-refractivity contribution in [2.75, 3.05) is 5.32 Å². The van der Waals surface area contributed by atoms with Gasteiger partial charge in [-0.05, 0) is 70.1 Å². The lowest BCUT2D eigenvalue weighted by atomic mass is 10.1. The number of hydrogen-bond acceptors (Lipinski definition) is 5. The second-order valence-corrected chi connectivity index (χ2v) is 8.98. The summed E-state index contributed by atoms with van der Waals surface area (Å²) in [6.45, 7) is 3.91. The maximum atomic E-state index is 12.4. The molecule has 0 saturated heterocycles. The third-order valence-corrected chi connectivity index (χ3v) is 5.56. The van der Waals surface area contributed by atoms with E-state index in [9.17, 15) is 19.5 Å². The van der Waals surface area contributed by atoms with Crippen LogP contribution in [-0.4, -0.2) is 29.4 Å². The summed E-state index contributed by atoms with van der Waals surface area (Å²) in [6, 6.07) is 3.69. The molecule has 0 aliphatic rings. The highest BCUT2D eigenvalue weighted by Crippen LogP contribution is 2.22. The van der Waals surface area contributed by atoms with Crippen LogP contribution in [0.1, 0.15) is 70.8 Å². The van der Waals surface area contributed by atoms with E-state index in [4.69, 9.17) is 0 Å². The molecule has 0 aliphatic carbocycles. The first-order chi connectivity index (χ1) is 19.5. The van der Waals surface area contributed by atoms with E-state index in [-0.39, 0.29) is 31.2 Å². The van der Waals surface area contributed by atoms with Crippen LogP contribution in [-0.2, 0) is 25.7 Å². The quantitative estimate of drug-likeness (QED) is 0.0926. The van der Waals surface area contributed by atoms with Crippen molar-refractivity contribution in [3.8, 4) is 5.75 Å². The van der Waals surface area contributed by atoms with Gasteiger partial charge < -0.3 is 20.5 Å². The van der Waals surface area contributed by atoms with Crippen molar-refractivity contribution in [1.82, 2.24) is 5.32 Å². The van der Waals surface area contributed by atoms with E-state index in [1.54, 1.807) is 6.92 Å². The lowest BCUT2D eigenvalue weighted by molar-refractivity contribution is -0.129. The number of rotatable bonds is 20. The number of benzene rings is 1. The van der Waals surface area contributed by atoms with Crippen molar-refractivity contribution in [1.29, 1.82) is 0 Å². The van der Waals surface area contributed by atoms with E-state index in [0.717, 1.165) is 38.5 Å². The van der Waals surface area contributed by atoms with E-state index in [0.29, 0.717) is 17.7 Å². The van der Waals surface area contributed by atoms with Crippen LogP contribution in [0.4, 0.5) is 5.69 Å². The highest BCUT2D eigenvalue weighted by molar-refractivity contribution is 5.97. The zero-order chi connectivity index (χ0) is 29.3. The smallest absolute Gasteiger partial charge is 0.293 e. The molecule has 0 spiro atoms. The Balaban J connectivity index is 2.17. The molecule has 216 valence electrons. The maximum Gasteiger partial charge on any atom is 0.293 e. The number of aromatic hydroxyl groups is 1. The topological polar surface area (TPSA) is 105 Å². The lowest BCUT2D eigenvalue weighted by Crippen LogP contribution is -2.41. The molecule has 40 heavy (non-hydrogen) atoms. The second-order valence-electron chi connectivity index (χ2n) is 8.98. The minimum Gasteiger partial charge on any atom is -0.508 e. The van der Waals surface area contributed by atoms with Crippen LogP contribution in [0, 0.1) is 0 Å². The van der Waals surface area contributed by atoms with Crippen molar-refractivity contribution in [2.45, 2.75) is 77.9 Å². The van der Waals surface area contributed by atoms with E-state index in [2.05, 4.69) is 83.1 Å². The van der Waals surface area contributed by atoms with Crippen LogP contribution in [0.15, 0.2) is 91.1 Å². The molecule has 1 aromatic rings. The summed E-state index contributed by atoms with van der Waals surface area (Å²) in [4.78, 5) is 34.9. The standard InChI is InChI=1S/C33H44N2O5/c1-3-4-5-6-7-8-9-10-11-12-13-14-15-16-17-18-19-20-21-22-32(38)34-28(2)33(39)35-30-23-24-31(37)29(25-30)26-40-27-36/h4-5,7-8,10-11,13-14,16-17,19-20,23-25,27-28,37H,3,6,9,12,15,18,21-22,26H2,1-2H3,(H,34,38)(H,35,39). The Hall–Kier alpha value is -4.13. The predicted molar refractivity (Wildman–Crippen MR) is 163 cm³/mol. The summed E-state index contributed by atoms with van der Waals surface area (Å²) in [7, 11) is 0. The molecule has 1 rings (SSSR count). The van der Waals surface area contributed by atoms with Crippen molar-refractivity contribution < 1.29 is 24.2 Å². The van der Waals surface area contributed by atoms with Crippen LogP contribution >= 0.6 is 0 Å². The fourth-order valence-electron chi connectivity index (χ4n) is 3.39. The monoisotopic (exact) mass is 548 g/mol. The number of carbonyl (C=O) groups excluding carboxylic acids is 3. The molecule has 0 saturated carbocycles. The summed E-state index contributed by atoms with van der Waals surface area (Å²) in [5, 5.41) is 15.2. The van der Waals surface area contributed by atoms with Gasteiger partial charge in [0.15, 0.2) is 0 Å². The van der Waals surface area contributed by atoms with Crippen LogP contribution in [0.25, 0.3) is 0 Å². The minimum atomic E-state index is -0.735. The van der Waals surface area contributed by atoms with Gasteiger partial charge in [-0.1, -0.05) is 79.8 Å². The Morgan fingerprint density at radius 2 is 1.38 bits per heavy atom. The van der Waals surface area contributed by atoms with Crippen LogP contribution in [0.5, 0.6) is 5.75 Å². The third kappa shape index (κ3) is 17.4. The fourth-order valence-corrected chi connectivity index (χ4v) is 3.39. The molecule has 0 radical (unpaired) electrons. The molecular formula is C33H44N2O5. The molecule has 0 aliphatic heterocycles. The Labute approximate surface area is 239 Å². The van der Waals surface area contributed by atoms with Crippen LogP contribution in [0.3, 0.4) is 0 Å². The van der Waals surface area contributed by atoms with Crippen molar-refractivity contribution in [3.63, 3.8) is 0 Å². The third-order valence-electron chi connectivity index (χ3n) is 5.56. The summed E-state index contributed by atoms with van der Waals surface area (Å²) in [5.74, 6) is -0.654. The van der Waals surface area contributed by atoms with Gasteiger partial charge in [0.2, 0.25) is 11.8 Å². The van der Waals surface area contributed by atoms with Crippen molar-refractivity contribution >= 4 is 24.0 Å². The fraction of sp³-hybridized carbons (Fsp3) is 0.364. The molecule has 0 fully saturated rings. The Kier molecular flexibility index (Phi) is 19.3. The number of nitrogens with one attached hydrogen (secondary N) is 2. The highest BCUT2D eigenvalue weighted by atomic mass is 16.5. The highest BCUT2D eigenvalue weighted by Gasteiger charge is 2.16. The minimum absolute atomic E-state index is 0.0457. The summed E-state index contributed by atoms with van der Waals surface area (Å²) in [6.07, 6.45) is 32.2. The Morgan fingerprint density at radius 3 is 1.90 bits per heavy atom. The number of anilines is 1. The van der Waals surface area contributed by atoms with Crippen LogP contribution in [0.2, 0.25) is 0 Å². The first-order valence-corrected chi connectivity index (χ1v) is 13.8. The van der Waals surface area contributed by atoms with Gasteiger partial charge in [-0.15, -0.1) is 0 Å². The average Bonchev–Trinajstić information content (AvgIpc) is 2.94. The number of allylic oxidation sites excluding steroid dienone is 12. The summed E-state index contributed by atoms with van der Waals surface area (Å²) in [5.41, 5.74) is 0.782. The molecule has 0 heterocycles. The molecule has 1 aromatic carbocycles. The zero-order valence-electron chi connectivity index (χ0n) is 23.8. The molecule has 0 aromatic heterocycles. The molecular weight excluding hydrogens is 504 g/mol. The Morgan fingerprint density at radius 1 is 0.850 bits per heavy atom. The molecule has 0 bridgehead atoms. The second kappa shape index (κ2) is 22.8. The van der Waals surface area contributed by atoms with Crippen molar-refractivity contribution in [2.24, 2.45) is 0 Å². The van der Waals surface area contributed by atoms with Crippen molar-refractivity contribution in [3.05, 3.63) is 96.7 Å². The van der Waals surface area contributed by atoms with Gasteiger partial charge in [-0.2, -0.15) is 0 Å². The molecule has 1 atom stereocenters. The van der Waals surface area contributed by atoms with E-state index < -0.39 is 11.9 Å². The van der Waals surface area contributed by atoms with Crippen LogP contribution < -0.4 is 10.6 Å². The average molecular weight is 549 g/mol. The van der Waals surface area contributed by atoms with Gasteiger partial charge in [0.25, 0.3) is 6.47 Å². The van der Waals surface area contributed by atoms with Gasteiger partial charge in [0.1, 0.15) is 18.4 Å². The number of phenolic OH excluding ortho intramolecular Hbond substituents is 1. The molecule has 1 unspecified atom stereocenters. The largest absolute Gasteiger partial charge is 0.508 e. The number of ether oxygens (including phenoxy) is 1. The van der Waals surface area contributed by atoms with E-state index >= 15 is 0 Å². The first-order valence-electron chi connectivity index (χ1n) is 13.8. The maximum absolute atomic E-state index is 12.4. The summed E-state index contributed by atoms with van der Waals surface area (Å²) < 4.78 is 4.65. The molecule has 7 nitrogen and oxygen atoms in total. The lowest BCUT2D eigenvalue weighted by Gasteiger charge is -2.15. The predicted octanol–water partition coefficient (Wildman–Crippen LogP) is 6.99. The van der Waals surface area contributed by atoms with E-state index in [1.165, 1.54) is 18.2 Å². The number of hydrogen-bond donors (Lipinski definition) is 3. The number of phenols is 1. The van der Waals surface area contributed by atoms with Gasteiger partial charge in [-0.3, -0.25) is 14.4 Å².